The molecule has 0 radical (unpaired) electrons. The number of hydrogen-bond donors (Lipinski definition) is 4. The van der Waals surface area contributed by atoms with Crippen molar-refractivity contribution < 1.29 is 9.59 Å². The molecular weight excluding hydrogens is 324 g/mol. The Morgan fingerprint density at radius 2 is 1.83 bits per heavy atom. The molecule has 1 aromatic rings. The topological polar surface area (TPSA) is 82.3 Å². The van der Waals surface area contributed by atoms with Crippen LogP contribution in [0.5, 0.6) is 0 Å². The number of unbranched alkanes of at least 4 members (excludes halogenated alkanes) is 2. The van der Waals surface area contributed by atoms with E-state index in [0.29, 0.717) is 5.11 Å². The standard InChI is InChI=1S/C17H26N4O2S/c1-3-4-8-11-18-17(24)21-20-16(23)12-15(19-13(2)22)14-9-6-5-7-10-14/h5-7,9-10,15H,3-4,8,11-12H2,1-2H3,(H,19,22)(H,20,23)(H2,18,21,24)/t15-/m1/s1. The molecule has 7 heteroatoms. The molecular formula is C17H26N4O2S. The van der Waals surface area contributed by atoms with Crippen LogP contribution in [-0.2, 0) is 9.59 Å². The smallest absolute Gasteiger partial charge is 0.240 e. The number of carbonyl (C=O) groups is 2. The first-order chi connectivity index (χ1) is 11.5. The molecule has 0 bridgehead atoms. The van der Waals surface area contributed by atoms with Crippen LogP contribution in [0.2, 0.25) is 0 Å². The first-order valence-electron chi connectivity index (χ1n) is 8.17. The third kappa shape index (κ3) is 8.47. The molecule has 0 aliphatic rings. The van der Waals surface area contributed by atoms with Crippen molar-refractivity contribution >= 4 is 29.1 Å². The van der Waals surface area contributed by atoms with Gasteiger partial charge >= 0.3 is 0 Å². The SMILES string of the molecule is CCCCCNC(=S)NNC(=O)C[C@@H](NC(C)=O)c1ccccc1. The Labute approximate surface area is 148 Å². The molecule has 132 valence electrons. The summed E-state index contributed by atoms with van der Waals surface area (Å²) in [7, 11) is 0. The number of hydrazine groups is 1. The number of rotatable bonds is 8. The average Bonchev–Trinajstić information content (AvgIpc) is 2.57. The highest BCUT2D eigenvalue weighted by molar-refractivity contribution is 7.80. The molecule has 0 spiro atoms. The molecule has 0 saturated carbocycles. The highest BCUT2D eigenvalue weighted by Crippen LogP contribution is 2.16. The van der Waals surface area contributed by atoms with Crippen molar-refractivity contribution in [2.75, 3.05) is 6.54 Å². The summed E-state index contributed by atoms with van der Waals surface area (Å²) in [5.74, 6) is -0.437. The third-order valence-corrected chi connectivity index (χ3v) is 3.60. The van der Waals surface area contributed by atoms with Gasteiger partial charge in [0.15, 0.2) is 5.11 Å². The van der Waals surface area contributed by atoms with Crippen LogP contribution in [0.3, 0.4) is 0 Å². The van der Waals surface area contributed by atoms with E-state index in [4.69, 9.17) is 12.2 Å². The van der Waals surface area contributed by atoms with Gasteiger partial charge in [0.25, 0.3) is 0 Å². The Bertz CT molecular complexity index is 537. The second-order valence-corrected chi connectivity index (χ2v) is 5.91. The maximum Gasteiger partial charge on any atom is 0.240 e. The molecule has 6 nitrogen and oxygen atoms in total. The van der Waals surface area contributed by atoms with Crippen LogP contribution in [0.1, 0.15) is 51.1 Å². The first-order valence-corrected chi connectivity index (χ1v) is 8.58. The first kappa shape index (κ1) is 19.9. The fraction of sp³-hybridized carbons (Fsp3) is 0.471. The summed E-state index contributed by atoms with van der Waals surface area (Å²) in [6.07, 6.45) is 3.43. The summed E-state index contributed by atoms with van der Waals surface area (Å²) >= 11 is 5.09. The summed E-state index contributed by atoms with van der Waals surface area (Å²) < 4.78 is 0. The predicted molar refractivity (Wildman–Crippen MR) is 99.0 cm³/mol. The van der Waals surface area contributed by atoms with E-state index in [1.165, 1.54) is 6.92 Å². The van der Waals surface area contributed by atoms with E-state index in [9.17, 15) is 9.59 Å². The molecule has 0 fully saturated rings. The minimum Gasteiger partial charge on any atom is -0.361 e. The van der Waals surface area contributed by atoms with Gasteiger partial charge in [0.1, 0.15) is 0 Å². The number of hydrogen-bond acceptors (Lipinski definition) is 3. The Morgan fingerprint density at radius 1 is 1.12 bits per heavy atom. The highest BCUT2D eigenvalue weighted by Gasteiger charge is 2.16. The molecule has 0 aliphatic heterocycles. The summed E-state index contributed by atoms with van der Waals surface area (Å²) in [5, 5.41) is 6.20. The monoisotopic (exact) mass is 350 g/mol. The van der Waals surface area contributed by atoms with Crippen LogP contribution in [0, 0.1) is 0 Å². The van der Waals surface area contributed by atoms with E-state index in [1.807, 2.05) is 30.3 Å². The number of carbonyl (C=O) groups excluding carboxylic acids is 2. The minimum absolute atomic E-state index is 0.120. The quantitative estimate of drug-likeness (QED) is 0.327. The van der Waals surface area contributed by atoms with E-state index < -0.39 is 0 Å². The van der Waals surface area contributed by atoms with Gasteiger partial charge in [-0.1, -0.05) is 50.1 Å². The molecule has 0 heterocycles. The van der Waals surface area contributed by atoms with Crippen LogP contribution >= 0.6 is 12.2 Å². The summed E-state index contributed by atoms with van der Waals surface area (Å²) in [6.45, 7) is 4.34. The van der Waals surface area contributed by atoms with E-state index in [2.05, 4.69) is 28.4 Å². The lowest BCUT2D eigenvalue weighted by Gasteiger charge is -2.18. The zero-order valence-corrected chi connectivity index (χ0v) is 15.0. The Morgan fingerprint density at radius 3 is 2.46 bits per heavy atom. The second kappa shape index (κ2) is 11.4. The Kier molecular flexibility index (Phi) is 9.45. The molecule has 0 unspecified atom stereocenters. The van der Waals surface area contributed by atoms with Crippen molar-refractivity contribution in [2.24, 2.45) is 0 Å². The Balaban J connectivity index is 2.42. The Hall–Kier alpha value is -2.15. The van der Waals surface area contributed by atoms with Crippen molar-refractivity contribution in [3.8, 4) is 0 Å². The molecule has 24 heavy (non-hydrogen) atoms. The van der Waals surface area contributed by atoms with E-state index in [1.54, 1.807) is 0 Å². The maximum absolute atomic E-state index is 12.1. The lowest BCUT2D eigenvalue weighted by atomic mass is 10.0. The van der Waals surface area contributed by atoms with Gasteiger partial charge in [-0.05, 0) is 24.2 Å². The van der Waals surface area contributed by atoms with Gasteiger partial charge in [-0.15, -0.1) is 0 Å². The molecule has 2 amide bonds. The van der Waals surface area contributed by atoms with Crippen LogP contribution < -0.4 is 21.5 Å². The van der Waals surface area contributed by atoms with Gasteiger partial charge < -0.3 is 10.6 Å². The second-order valence-electron chi connectivity index (χ2n) is 5.50. The zero-order valence-electron chi connectivity index (χ0n) is 14.2. The summed E-state index contributed by atoms with van der Waals surface area (Å²) in [5.41, 5.74) is 6.11. The maximum atomic E-state index is 12.1. The van der Waals surface area contributed by atoms with Crippen molar-refractivity contribution in [3.63, 3.8) is 0 Å². The van der Waals surface area contributed by atoms with Crippen LogP contribution in [0.25, 0.3) is 0 Å². The number of amides is 2. The molecule has 0 saturated heterocycles. The van der Waals surface area contributed by atoms with E-state index in [0.717, 1.165) is 31.4 Å². The van der Waals surface area contributed by atoms with Crippen LogP contribution in [-0.4, -0.2) is 23.5 Å². The van der Waals surface area contributed by atoms with Crippen molar-refractivity contribution in [1.29, 1.82) is 0 Å². The van der Waals surface area contributed by atoms with Gasteiger partial charge in [0, 0.05) is 13.5 Å². The van der Waals surface area contributed by atoms with Crippen LogP contribution in [0.15, 0.2) is 30.3 Å². The lowest BCUT2D eigenvalue weighted by molar-refractivity contribution is -0.123. The zero-order chi connectivity index (χ0) is 17.8. The highest BCUT2D eigenvalue weighted by atomic mass is 32.1. The largest absolute Gasteiger partial charge is 0.361 e. The van der Waals surface area contributed by atoms with E-state index >= 15 is 0 Å². The van der Waals surface area contributed by atoms with E-state index in [-0.39, 0.29) is 24.3 Å². The van der Waals surface area contributed by atoms with Crippen LogP contribution in [0.4, 0.5) is 0 Å². The molecule has 0 aliphatic carbocycles. The van der Waals surface area contributed by atoms with Crippen molar-refractivity contribution in [2.45, 2.75) is 45.6 Å². The van der Waals surface area contributed by atoms with Gasteiger partial charge in [0.2, 0.25) is 11.8 Å². The normalized spacial score (nSPS) is 11.2. The minimum atomic E-state index is -0.378. The van der Waals surface area contributed by atoms with Gasteiger partial charge in [-0.2, -0.15) is 0 Å². The molecule has 4 N–H and O–H groups in total. The number of nitrogens with one attached hydrogen (secondary N) is 4. The van der Waals surface area contributed by atoms with Gasteiger partial charge in [0.05, 0.1) is 12.5 Å². The average molecular weight is 350 g/mol. The molecule has 1 atom stereocenters. The number of thiocarbonyl (C=S) groups is 1. The molecule has 1 aromatic carbocycles. The fourth-order valence-corrected chi connectivity index (χ4v) is 2.32. The van der Waals surface area contributed by atoms with Crippen molar-refractivity contribution in [3.05, 3.63) is 35.9 Å². The summed E-state index contributed by atoms with van der Waals surface area (Å²) in [6, 6.07) is 9.00. The number of benzene rings is 1. The third-order valence-electron chi connectivity index (χ3n) is 3.35. The summed E-state index contributed by atoms with van der Waals surface area (Å²) in [4.78, 5) is 23.4. The van der Waals surface area contributed by atoms with Crippen molar-refractivity contribution in [1.82, 2.24) is 21.5 Å². The fourth-order valence-electron chi connectivity index (χ4n) is 2.17. The lowest BCUT2D eigenvalue weighted by Crippen LogP contribution is -2.47. The predicted octanol–water partition coefficient (Wildman–Crippen LogP) is 1.94. The molecule has 1 rings (SSSR count). The van der Waals surface area contributed by atoms with Gasteiger partial charge in [-0.25, -0.2) is 0 Å². The molecule has 0 aromatic heterocycles. The van der Waals surface area contributed by atoms with Gasteiger partial charge in [-0.3, -0.25) is 20.4 Å².